The fourth-order valence-electron chi connectivity index (χ4n) is 1.99. The van der Waals surface area contributed by atoms with Gasteiger partial charge in [0.15, 0.2) is 0 Å². The van der Waals surface area contributed by atoms with Crippen LogP contribution in [0, 0.1) is 5.92 Å². The number of aromatic nitrogens is 1. The Labute approximate surface area is 111 Å². The summed E-state index contributed by atoms with van der Waals surface area (Å²) in [6.45, 7) is 8.14. The summed E-state index contributed by atoms with van der Waals surface area (Å²) in [7, 11) is 0. The Morgan fingerprint density at radius 1 is 1.33 bits per heavy atom. The summed E-state index contributed by atoms with van der Waals surface area (Å²) < 4.78 is 2.89. The predicted octanol–water partition coefficient (Wildman–Crippen LogP) is 2.70. The number of thiophene rings is 1. The van der Waals surface area contributed by atoms with Crippen LogP contribution in [0.4, 0.5) is 0 Å². The summed E-state index contributed by atoms with van der Waals surface area (Å²) in [5, 5.41) is 6.22. The molecule has 2 aromatic heterocycles. The fourth-order valence-corrected chi connectivity index (χ4v) is 2.76. The molecule has 1 N–H and O–H groups in total. The first kappa shape index (κ1) is 13.3. The van der Waals surface area contributed by atoms with E-state index in [4.69, 9.17) is 0 Å². The third-order valence-corrected chi connectivity index (χ3v) is 3.86. The first-order valence-corrected chi connectivity index (χ1v) is 7.26. The molecule has 2 heterocycles. The van der Waals surface area contributed by atoms with Crippen molar-refractivity contribution in [3.05, 3.63) is 34.1 Å². The number of rotatable bonds is 5. The lowest BCUT2D eigenvalue weighted by atomic mass is 10.1. The van der Waals surface area contributed by atoms with Crippen LogP contribution in [0.1, 0.15) is 20.8 Å². The van der Waals surface area contributed by atoms with E-state index in [2.05, 4.69) is 26.1 Å². The molecule has 0 bridgehead atoms. The maximum Gasteiger partial charge on any atom is 0.259 e. The van der Waals surface area contributed by atoms with Gasteiger partial charge in [-0.25, -0.2) is 0 Å². The van der Waals surface area contributed by atoms with Crippen molar-refractivity contribution in [3.8, 4) is 0 Å². The van der Waals surface area contributed by atoms with Crippen LogP contribution >= 0.6 is 11.3 Å². The average molecular weight is 264 g/mol. The highest BCUT2D eigenvalue weighted by atomic mass is 32.1. The third kappa shape index (κ3) is 3.00. The largest absolute Gasteiger partial charge is 0.315 e. The Balaban J connectivity index is 2.11. The second-order valence-corrected chi connectivity index (χ2v) is 6.09. The van der Waals surface area contributed by atoms with E-state index in [0.717, 1.165) is 23.2 Å². The molecule has 0 aliphatic heterocycles. The molecule has 18 heavy (non-hydrogen) atoms. The van der Waals surface area contributed by atoms with E-state index in [-0.39, 0.29) is 5.56 Å². The monoisotopic (exact) mass is 264 g/mol. The van der Waals surface area contributed by atoms with Gasteiger partial charge in [-0.05, 0) is 30.0 Å². The van der Waals surface area contributed by atoms with Crippen LogP contribution in [-0.2, 0) is 6.54 Å². The zero-order chi connectivity index (χ0) is 13.1. The van der Waals surface area contributed by atoms with Gasteiger partial charge >= 0.3 is 0 Å². The van der Waals surface area contributed by atoms with Gasteiger partial charge in [-0.3, -0.25) is 4.79 Å². The van der Waals surface area contributed by atoms with E-state index in [1.165, 1.54) is 0 Å². The average Bonchev–Trinajstić information content (AvgIpc) is 2.79. The highest BCUT2D eigenvalue weighted by molar-refractivity contribution is 7.17. The van der Waals surface area contributed by atoms with Gasteiger partial charge < -0.3 is 9.88 Å². The normalized spacial score (nSPS) is 13.3. The highest BCUT2D eigenvalue weighted by Gasteiger charge is 2.08. The Morgan fingerprint density at radius 2 is 2.11 bits per heavy atom. The van der Waals surface area contributed by atoms with E-state index < -0.39 is 0 Å². The van der Waals surface area contributed by atoms with Crippen molar-refractivity contribution in [3.63, 3.8) is 0 Å². The van der Waals surface area contributed by atoms with E-state index in [1.807, 2.05) is 28.3 Å². The Hall–Kier alpha value is -1.13. The number of pyridine rings is 1. The maximum absolute atomic E-state index is 12.2. The van der Waals surface area contributed by atoms with E-state index >= 15 is 0 Å². The molecular formula is C14H20N2OS. The van der Waals surface area contributed by atoms with Crippen molar-refractivity contribution in [1.82, 2.24) is 9.88 Å². The van der Waals surface area contributed by atoms with Crippen molar-refractivity contribution in [2.45, 2.75) is 33.4 Å². The van der Waals surface area contributed by atoms with E-state index in [1.54, 1.807) is 11.3 Å². The van der Waals surface area contributed by atoms with Gasteiger partial charge in [-0.2, -0.15) is 0 Å². The molecule has 1 atom stereocenters. The Kier molecular flexibility index (Phi) is 4.19. The second kappa shape index (κ2) is 5.67. The molecule has 4 heteroatoms. The molecule has 0 saturated carbocycles. The number of nitrogens with one attached hydrogen (secondary N) is 1. The van der Waals surface area contributed by atoms with Gasteiger partial charge in [0.25, 0.3) is 5.56 Å². The SMILES string of the molecule is CC(CNC(C)C)Cn1ccc2sccc2c1=O. The predicted molar refractivity (Wildman–Crippen MR) is 78.4 cm³/mol. The van der Waals surface area contributed by atoms with Crippen molar-refractivity contribution in [2.24, 2.45) is 5.92 Å². The molecule has 2 rings (SSSR count). The van der Waals surface area contributed by atoms with Gasteiger partial charge in [-0.15, -0.1) is 11.3 Å². The molecule has 0 radical (unpaired) electrons. The lowest BCUT2D eigenvalue weighted by Crippen LogP contribution is -2.31. The molecule has 2 aromatic rings. The van der Waals surface area contributed by atoms with Crippen molar-refractivity contribution in [1.29, 1.82) is 0 Å². The fraction of sp³-hybridized carbons (Fsp3) is 0.500. The molecule has 0 aliphatic rings. The number of hydrogen-bond donors (Lipinski definition) is 1. The van der Waals surface area contributed by atoms with Crippen LogP contribution in [0.5, 0.6) is 0 Å². The summed E-state index contributed by atoms with van der Waals surface area (Å²) in [5.74, 6) is 0.446. The molecule has 0 amide bonds. The molecule has 0 saturated heterocycles. The molecule has 0 aliphatic carbocycles. The summed E-state index contributed by atoms with van der Waals surface area (Å²) >= 11 is 1.62. The zero-order valence-corrected chi connectivity index (χ0v) is 12.0. The lowest BCUT2D eigenvalue weighted by molar-refractivity contribution is 0.421. The zero-order valence-electron chi connectivity index (χ0n) is 11.1. The Bertz CT molecular complexity index is 570. The van der Waals surface area contributed by atoms with Crippen LogP contribution in [0.15, 0.2) is 28.5 Å². The van der Waals surface area contributed by atoms with Gasteiger partial charge in [0.05, 0.1) is 5.39 Å². The standard InChI is InChI=1S/C14H20N2OS/c1-10(2)15-8-11(3)9-16-6-4-13-12(14(16)17)5-7-18-13/h4-7,10-11,15H,8-9H2,1-3H3. The van der Waals surface area contributed by atoms with Crippen LogP contribution in [0.3, 0.4) is 0 Å². The lowest BCUT2D eigenvalue weighted by Gasteiger charge is -2.16. The van der Waals surface area contributed by atoms with Crippen molar-refractivity contribution < 1.29 is 0 Å². The molecule has 3 nitrogen and oxygen atoms in total. The van der Waals surface area contributed by atoms with Gasteiger partial charge in [0, 0.05) is 23.5 Å². The second-order valence-electron chi connectivity index (χ2n) is 5.14. The minimum Gasteiger partial charge on any atom is -0.315 e. The van der Waals surface area contributed by atoms with E-state index in [9.17, 15) is 4.79 Å². The molecule has 1 unspecified atom stereocenters. The number of fused-ring (bicyclic) bond motifs is 1. The van der Waals surface area contributed by atoms with Crippen LogP contribution in [0.25, 0.3) is 10.1 Å². The minimum atomic E-state index is 0.130. The van der Waals surface area contributed by atoms with Gasteiger partial charge in [0.1, 0.15) is 0 Å². The van der Waals surface area contributed by atoms with E-state index in [0.29, 0.717) is 12.0 Å². The van der Waals surface area contributed by atoms with Gasteiger partial charge in [0.2, 0.25) is 0 Å². The van der Waals surface area contributed by atoms with Crippen LogP contribution < -0.4 is 10.9 Å². The van der Waals surface area contributed by atoms with Crippen molar-refractivity contribution in [2.75, 3.05) is 6.54 Å². The number of hydrogen-bond acceptors (Lipinski definition) is 3. The smallest absolute Gasteiger partial charge is 0.259 e. The topological polar surface area (TPSA) is 34.0 Å². The van der Waals surface area contributed by atoms with Gasteiger partial charge in [-0.1, -0.05) is 20.8 Å². The first-order valence-electron chi connectivity index (χ1n) is 6.38. The molecule has 0 fully saturated rings. The molecule has 0 aromatic carbocycles. The summed E-state index contributed by atoms with van der Waals surface area (Å²) in [5.41, 5.74) is 0.130. The molecule has 98 valence electrons. The maximum atomic E-state index is 12.2. The first-order chi connectivity index (χ1) is 8.58. The molecular weight excluding hydrogens is 244 g/mol. The van der Waals surface area contributed by atoms with Crippen molar-refractivity contribution >= 4 is 21.4 Å². The minimum absolute atomic E-state index is 0.130. The highest BCUT2D eigenvalue weighted by Crippen LogP contribution is 2.16. The van der Waals surface area contributed by atoms with Crippen LogP contribution in [-0.4, -0.2) is 17.2 Å². The third-order valence-electron chi connectivity index (χ3n) is 2.98. The summed E-state index contributed by atoms with van der Waals surface area (Å²) in [4.78, 5) is 12.2. The molecule has 0 spiro atoms. The number of nitrogens with zero attached hydrogens (tertiary/aromatic N) is 1. The Morgan fingerprint density at radius 3 is 2.83 bits per heavy atom. The quantitative estimate of drug-likeness (QED) is 0.901. The summed E-state index contributed by atoms with van der Waals surface area (Å²) in [6, 6.07) is 4.43. The summed E-state index contributed by atoms with van der Waals surface area (Å²) in [6.07, 6.45) is 1.91. The van der Waals surface area contributed by atoms with Crippen LogP contribution in [0.2, 0.25) is 0 Å².